The molecular formula is C6H12N2. The standard InChI is InChI=1S/C6H12N2/c1-2-4-8-6-5-7-3-1/h3,8H,1-2,4-6H2/b7-3-. The van der Waals surface area contributed by atoms with Gasteiger partial charge in [0.15, 0.2) is 0 Å². The molecule has 0 saturated heterocycles. The fraction of sp³-hybridized carbons (Fsp3) is 0.833. The van der Waals surface area contributed by atoms with Crippen LogP contribution in [0.4, 0.5) is 0 Å². The molecule has 0 amide bonds. The SMILES string of the molecule is C1=N\CCNCCC/1. The predicted octanol–water partition coefficient (Wildman–Crippen LogP) is 0.441. The highest BCUT2D eigenvalue weighted by Crippen LogP contribution is 1.85. The fourth-order valence-corrected chi connectivity index (χ4v) is 0.770. The third-order valence-electron chi connectivity index (χ3n) is 1.23. The summed E-state index contributed by atoms with van der Waals surface area (Å²) in [4.78, 5) is 4.14. The van der Waals surface area contributed by atoms with Gasteiger partial charge in [-0.2, -0.15) is 0 Å². The van der Waals surface area contributed by atoms with E-state index < -0.39 is 0 Å². The number of aliphatic imine (C=N–C) groups is 1. The van der Waals surface area contributed by atoms with E-state index in [9.17, 15) is 0 Å². The summed E-state index contributed by atoms with van der Waals surface area (Å²) in [7, 11) is 0. The van der Waals surface area contributed by atoms with Gasteiger partial charge in [-0.25, -0.2) is 0 Å². The third kappa shape index (κ3) is 2.07. The molecule has 1 aliphatic rings. The lowest BCUT2D eigenvalue weighted by molar-refractivity contribution is 0.655. The van der Waals surface area contributed by atoms with E-state index in [0.717, 1.165) is 26.1 Å². The number of hydrogen-bond donors (Lipinski definition) is 1. The second-order valence-corrected chi connectivity index (χ2v) is 1.98. The molecule has 8 heavy (non-hydrogen) atoms. The molecule has 0 saturated carbocycles. The van der Waals surface area contributed by atoms with Crippen LogP contribution >= 0.6 is 0 Å². The number of hydrogen-bond acceptors (Lipinski definition) is 2. The van der Waals surface area contributed by atoms with Gasteiger partial charge >= 0.3 is 0 Å². The molecule has 0 aromatic rings. The molecule has 2 nitrogen and oxygen atoms in total. The zero-order valence-electron chi connectivity index (χ0n) is 5.06. The van der Waals surface area contributed by atoms with Gasteiger partial charge in [-0.15, -0.1) is 0 Å². The first-order valence-corrected chi connectivity index (χ1v) is 3.19. The van der Waals surface area contributed by atoms with Gasteiger partial charge in [-0.05, 0) is 25.6 Å². The Balaban J connectivity index is 2.17. The monoisotopic (exact) mass is 112 g/mol. The first-order chi connectivity index (χ1) is 4.00. The number of nitrogens with zero attached hydrogens (tertiary/aromatic N) is 1. The van der Waals surface area contributed by atoms with E-state index in [1.54, 1.807) is 0 Å². The molecule has 0 spiro atoms. The van der Waals surface area contributed by atoms with Gasteiger partial charge in [0, 0.05) is 6.54 Å². The average molecular weight is 112 g/mol. The van der Waals surface area contributed by atoms with Gasteiger partial charge in [0.2, 0.25) is 0 Å². The Labute approximate surface area is 50.0 Å². The van der Waals surface area contributed by atoms with Crippen molar-refractivity contribution in [3.8, 4) is 0 Å². The van der Waals surface area contributed by atoms with Crippen LogP contribution in [0.25, 0.3) is 0 Å². The molecule has 1 aliphatic heterocycles. The van der Waals surface area contributed by atoms with Crippen LogP contribution in [0.5, 0.6) is 0 Å². The highest BCUT2D eigenvalue weighted by molar-refractivity contribution is 5.57. The Morgan fingerprint density at radius 1 is 1.38 bits per heavy atom. The Morgan fingerprint density at radius 3 is 3.38 bits per heavy atom. The first-order valence-electron chi connectivity index (χ1n) is 3.19. The summed E-state index contributed by atoms with van der Waals surface area (Å²) in [6.45, 7) is 3.17. The van der Waals surface area contributed by atoms with E-state index >= 15 is 0 Å². The van der Waals surface area contributed by atoms with Crippen LogP contribution in [0.15, 0.2) is 4.99 Å². The van der Waals surface area contributed by atoms with Crippen molar-refractivity contribution < 1.29 is 0 Å². The Bertz CT molecular complexity index is 68.6. The van der Waals surface area contributed by atoms with Crippen molar-refractivity contribution in [3.63, 3.8) is 0 Å². The molecule has 0 aromatic carbocycles. The molecule has 0 radical (unpaired) electrons. The maximum atomic E-state index is 4.14. The van der Waals surface area contributed by atoms with Crippen LogP contribution in [0.2, 0.25) is 0 Å². The highest BCUT2D eigenvalue weighted by Gasteiger charge is 1.88. The van der Waals surface area contributed by atoms with Crippen LogP contribution in [0, 0.1) is 0 Å². The minimum absolute atomic E-state index is 0.958. The number of rotatable bonds is 0. The van der Waals surface area contributed by atoms with Crippen molar-refractivity contribution >= 4 is 6.21 Å². The van der Waals surface area contributed by atoms with Crippen molar-refractivity contribution in [2.24, 2.45) is 4.99 Å². The fourth-order valence-electron chi connectivity index (χ4n) is 0.770. The summed E-state index contributed by atoms with van der Waals surface area (Å²) in [6, 6.07) is 0. The molecule has 0 bridgehead atoms. The Hall–Kier alpha value is -0.370. The molecule has 0 atom stereocenters. The maximum absolute atomic E-state index is 4.14. The molecule has 0 unspecified atom stereocenters. The van der Waals surface area contributed by atoms with Crippen molar-refractivity contribution in [2.45, 2.75) is 12.8 Å². The van der Waals surface area contributed by atoms with Crippen LogP contribution in [-0.4, -0.2) is 25.8 Å². The molecule has 46 valence electrons. The summed E-state index contributed by atoms with van der Waals surface area (Å²) < 4.78 is 0. The Kier molecular flexibility index (Phi) is 2.60. The molecule has 2 heteroatoms. The summed E-state index contributed by atoms with van der Waals surface area (Å²) in [6.07, 6.45) is 4.41. The normalized spacial score (nSPS) is 26.0. The largest absolute Gasteiger partial charge is 0.315 e. The summed E-state index contributed by atoms with van der Waals surface area (Å²) in [5.41, 5.74) is 0. The van der Waals surface area contributed by atoms with E-state index in [1.807, 2.05) is 6.21 Å². The lowest BCUT2D eigenvalue weighted by Crippen LogP contribution is -2.20. The smallest absolute Gasteiger partial charge is 0.0510 e. The zero-order chi connectivity index (χ0) is 5.66. The van der Waals surface area contributed by atoms with Gasteiger partial charge in [-0.3, -0.25) is 4.99 Å². The van der Waals surface area contributed by atoms with E-state index in [4.69, 9.17) is 0 Å². The third-order valence-corrected chi connectivity index (χ3v) is 1.23. The first kappa shape index (κ1) is 5.76. The van der Waals surface area contributed by atoms with E-state index in [-0.39, 0.29) is 0 Å². The summed E-state index contributed by atoms with van der Waals surface area (Å²) in [5.74, 6) is 0. The van der Waals surface area contributed by atoms with Crippen LogP contribution in [-0.2, 0) is 0 Å². The van der Waals surface area contributed by atoms with Gasteiger partial charge in [0.1, 0.15) is 0 Å². The molecular weight excluding hydrogens is 100 g/mol. The van der Waals surface area contributed by atoms with E-state index in [2.05, 4.69) is 10.3 Å². The predicted molar refractivity (Wildman–Crippen MR) is 35.5 cm³/mol. The molecule has 0 fully saturated rings. The van der Waals surface area contributed by atoms with Crippen molar-refractivity contribution in [3.05, 3.63) is 0 Å². The second kappa shape index (κ2) is 3.61. The average Bonchev–Trinajstić information content (AvgIpc) is 1.62. The van der Waals surface area contributed by atoms with Gasteiger partial charge in [0.25, 0.3) is 0 Å². The van der Waals surface area contributed by atoms with Gasteiger partial charge in [-0.1, -0.05) is 0 Å². The number of nitrogens with one attached hydrogen (secondary N) is 1. The zero-order valence-corrected chi connectivity index (χ0v) is 5.06. The van der Waals surface area contributed by atoms with Crippen molar-refractivity contribution in [1.29, 1.82) is 0 Å². The summed E-state index contributed by atoms with van der Waals surface area (Å²) in [5, 5.41) is 3.27. The van der Waals surface area contributed by atoms with Crippen molar-refractivity contribution in [1.82, 2.24) is 5.32 Å². The quantitative estimate of drug-likeness (QED) is 0.483. The topological polar surface area (TPSA) is 24.4 Å². The highest BCUT2D eigenvalue weighted by atomic mass is 14.9. The molecule has 1 N–H and O–H groups in total. The second-order valence-electron chi connectivity index (χ2n) is 1.98. The van der Waals surface area contributed by atoms with Gasteiger partial charge < -0.3 is 5.32 Å². The van der Waals surface area contributed by atoms with E-state index in [1.165, 1.54) is 6.42 Å². The van der Waals surface area contributed by atoms with Gasteiger partial charge in [0.05, 0.1) is 6.54 Å². The molecule has 0 aromatic heterocycles. The minimum atomic E-state index is 0.958. The molecule has 0 aliphatic carbocycles. The van der Waals surface area contributed by atoms with Crippen molar-refractivity contribution in [2.75, 3.05) is 19.6 Å². The lowest BCUT2D eigenvalue weighted by Gasteiger charge is -2.02. The van der Waals surface area contributed by atoms with Crippen LogP contribution in [0.3, 0.4) is 0 Å². The lowest BCUT2D eigenvalue weighted by atomic mass is 10.3. The Morgan fingerprint density at radius 2 is 2.38 bits per heavy atom. The van der Waals surface area contributed by atoms with Crippen LogP contribution in [0.1, 0.15) is 12.8 Å². The summed E-state index contributed by atoms with van der Waals surface area (Å²) >= 11 is 0. The van der Waals surface area contributed by atoms with E-state index in [0.29, 0.717) is 0 Å². The molecule has 1 rings (SSSR count). The molecule has 1 heterocycles. The minimum Gasteiger partial charge on any atom is -0.315 e. The van der Waals surface area contributed by atoms with Crippen LogP contribution < -0.4 is 5.32 Å². The maximum Gasteiger partial charge on any atom is 0.0510 e.